The lowest BCUT2D eigenvalue weighted by Gasteiger charge is -2.45. The van der Waals surface area contributed by atoms with E-state index in [9.17, 15) is 15.0 Å². The van der Waals surface area contributed by atoms with Crippen LogP contribution in [0.5, 0.6) is 0 Å². The molecule has 1 fully saturated rings. The van der Waals surface area contributed by atoms with Crippen LogP contribution < -0.4 is 10.9 Å². The van der Waals surface area contributed by atoms with E-state index in [0.717, 1.165) is 11.4 Å². The first-order valence-corrected chi connectivity index (χ1v) is 10.3. The highest BCUT2D eigenvalue weighted by atomic mass is 31.0. The second-order valence-electron chi connectivity index (χ2n) is 8.29. The summed E-state index contributed by atoms with van der Waals surface area (Å²) in [6, 6.07) is 12.4. The first kappa shape index (κ1) is 18.6. The van der Waals surface area contributed by atoms with Crippen molar-refractivity contribution >= 4 is 25.7 Å². The molecule has 4 atom stereocenters. The van der Waals surface area contributed by atoms with E-state index >= 15 is 0 Å². The fourth-order valence-corrected chi connectivity index (χ4v) is 5.25. The lowest BCUT2D eigenvalue weighted by atomic mass is 9.66. The van der Waals surface area contributed by atoms with E-state index in [-0.39, 0.29) is 10.7 Å². The van der Waals surface area contributed by atoms with Crippen molar-refractivity contribution in [3.05, 3.63) is 75.8 Å². The van der Waals surface area contributed by atoms with Gasteiger partial charge in [0, 0.05) is 47.2 Å². The minimum absolute atomic E-state index is 0.215. The smallest absolute Gasteiger partial charge is 0.269 e. The zero-order valence-corrected chi connectivity index (χ0v) is 17.4. The molecule has 150 valence electrons. The van der Waals surface area contributed by atoms with Gasteiger partial charge in [-0.1, -0.05) is 36.4 Å². The van der Waals surface area contributed by atoms with E-state index in [0.29, 0.717) is 5.56 Å². The average Bonchev–Trinajstić information content (AvgIpc) is 3.16. The number of allylic oxidation sites excluding steroid dienone is 1. The van der Waals surface area contributed by atoms with Crippen LogP contribution in [0.2, 0.25) is 0 Å². The van der Waals surface area contributed by atoms with E-state index in [1.807, 2.05) is 18.2 Å². The largest absolute Gasteiger partial charge is 0.392 e. The molecule has 1 aliphatic heterocycles. The second-order valence-corrected chi connectivity index (χ2v) is 9.45. The maximum atomic E-state index is 12.2. The number of hydrogen-bond donors (Lipinski definition) is 4. The number of anilines is 1. The Labute approximate surface area is 170 Å². The molecular formula is C22H24N3O3P. The lowest BCUT2D eigenvalue weighted by molar-refractivity contribution is -0.0949. The Bertz CT molecular complexity index is 1200. The number of hydrogen-bond acceptors (Lipinski definition) is 4. The molecule has 0 amide bonds. The maximum absolute atomic E-state index is 12.2. The molecule has 3 aromatic rings. The quantitative estimate of drug-likeness (QED) is 0.490. The highest BCUT2D eigenvalue weighted by molar-refractivity contribution is 7.19. The number of benzene rings is 2. The van der Waals surface area contributed by atoms with E-state index in [1.54, 1.807) is 13.2 Å². The fourth-order valence-electron chi connectivity index (χ4n) is 4.77. The SMILES string of the molecule is Cn1[nH]cc(C2C(O)C(C=C3Nc4ccc5ccccc5c4C3(C)P)C2O)c1=O. The summed E-state index contributed by atoms with van der Waals surface area (Å²) in [4.78, 5) is 12.2. The number of aromatic nitrogens is 2. The summed E-state index contributed by atoms with van der Waals surface area (Å²) >= 11 is 0. The fraction of sp³-hybridized carbons (Fsp3) is 0.318. The van der Waals surface area contributed by atoms with Crippen LogP contribution in [-0.2, 0) is 12.2 Å². The third-order valence-corrected chi connectivity index (χ3v) is 7.08. The molecule has 1 saturated carbocycles. The van der Waals surface area contributed by atoms with Crippen LogP contribution in [0.4, 0.5) is 5.69 Å². The highest BCUT2D eigenvalue weighted by Gasteiger charge is 2.51. The van der Waals surface area contributed by atoms with Gasteiger partial charge in [-0.3, -0.25) is 9.48 Å². The van der Waals surface area contributed by atoms with Gasteiger partial charge in [0.05, 0.1) is 12.2 Å². The summed E-state index contributed by atoms with van der Waals surface area (Å²) in [5.41, 5.74) is 3.35. The van der Waals surface area contributed by atoms with Gasteiger partial charge in [-0.05, 0) is 29.3 Å². The molecule has 0 radical (unpaired) electrons. The summed E-state index contributed by atoms with van der Waals surface area (Å²) in [7, 11) is 4.54. The Kier molecular flexibility index (Phi) is 4.04. The molecule has 4 unspecified atom stereocenters. The summed E-state index contributed by atoms with van der Waals surface area (Å²) < 4.78 is 1.35. The predicted octanol–water partition coefficient (Wildman–Crippen LogP) is 2.40. The molecule has 2 aliphatic rings. The van der Waals surface area contributed by atoms with E-state index < -0.39 is 24.0 Å². The van der Waals surface area contributed by atoms with Crippen molar-refractivity contribution in [1.82, 2.24) is 9.78 Å². The van der Waals surface area contributed by atoms with Gasteiger partial charge in [0.2, 0.25) is 0 Å². The molecule has 29 heavy (non-hydrogen) atoms. The minimum Gasteiger partial charge on any atom is -0.392 e. The molecule has 5 rings (SSSR count). The average molecular weight is 409 g/mol. The molecule has 0 saturated heterocycles. The molecule has 6 nitrogen and oxygen atoms in total. The third kappa shape index (κ3) is 2.56. The standard InChI is InChI=1S/C22H24N3O3P/c1-22(29)16(24-15-8-7-11-5-3-4-6-12(11)18(15)22)9-13-19(26)17(20(13)27)14-10-23-25(2)21(14)28/h3-10,13,17,19-20,23-24,26-27H,29H2,1-2H3. The Morgan fingerprint density at radius 2 is 1.90 bits per heavy atom. The zero-order chi connectivity index (χ0) is 20.5. The van der Waals surface area contributed by atoms with Crippen molar-refractivity contribution in [2.24, 2.45) is 13.0 Å². The van der Waals surface area contributed by atoms with Crippen LogP contribution in [0.1, 0.15) is 24.0 Å². The molecule has 0 bridgehead atoms. The van der Waals surface area contributed by atoms with Crippen LogP contribution in [0.3, 0.4) is 0 Å². The minimum atomic E-state index is -0.816. The number of aryl methyl sites for hydroxylation is 1. The Morgan fingerprint density at radius 1 is 1.17 bits per heavy atom. The molecule has 2 aromatic carbocycles. The number of fused-ring (bicyclic) bond motifs is 3. The van der Waals surface area contributed by atoms with Gasteiger partial charge < -0.3 is 20.6 Å². The first-order chi connectivity index (χ1) is 13.8. The van der Waals surface area contributed by atoms with Crippen molar-refractivity contribution in [2.45, 2.75) is 30.2 Å². The van der Waals surface area contributed by atoms with Gasteiger partial charge in [-0.25, -0.2) is 0 Å². The molecule has 0 spiro atoms. The number of nitrogens with zero attached hydrogens (tertiary/aromatic N) is 1. The summed E-state index contributed by atoms with van der Waals surface area (Å²) in [6.45, 7) is 2.12. The number of aliphatic hydroxyl groups excluding tert-OH is 2. The van der Waals surface area contributed by atoms with Crippen LogP contribution in [0, 0.1) is 5.92 Å². The van der Waals surface area contributed by atoms with Gasteiger partial charge in [0.25, 0.3) is 5.56 Å². The highest BCUT2D eigenvalue weighted by Crippen LogP contribution is 2.52. The summed E-state index contributed by atoms with van der Waals surface area (Å²) in [6.07, 6.45) is 1.86. The number of nitrogens with one attached hydrogen (secondary N) is 2. The normalized spacial score (nSPS) is 32.2. The van der Waals surface area contributed by atoms with Gasteiger partial charge in [-0.15, -0.1) is 9.24 Å². The van der Waals surface area contributed by atoms with E-state index in [4.69, 9.17) is 0 Å². The molecule has 7 heteroatoms. The first-order valence-electron chi connectivity index (χ1n) is 9.71. The van der Waals surface area contributed by atoms with Crippen molar-refractivity contribution < 1.29 is 10.2 Å². The number of aromatic amines is 1. The predicted molar refractivity (Wildman–Crippen MR) is 117 cm³/mol. The Balaban J connectivity index is 1.50. The lowest BCUT2D eigenvalue weighted by Crippen LogP contribution is -2.54. The molecule has 2 heterocycles. The Morgan fingerprint density at radius 3 is 2.59 bits per heavy atom. The van der Waals surface area contributed by atoms with Crippen LogP contribution in [0.25, 0.3) is 10.8 Å². The molecule has 1 aromatic heterocycles. The van der Waals surface area contributed by atoms with Crippen molar-refractivity contribution in [1.29, 1.82) is 0 Å². The monoisotopic (exact) mass is 409 g/mol. The number of H-pyrrole nitrogens is 1. The number of rotatable bonds is 2. The number of aliphatic hydroxyl groups is 2. The van der Waals surface area contributed by atoms with Gasteiger partial charge >= 0.3 is 0 Å². The Hall–Kier alpha value is -2.40. The van der Waals surface area contributed by atoms with E-state index in [1.165, 1.54) is 21.0 Å². The zero-order valence-electron chi connectivity index (χ0n) is 16.3. The van der Waals surface area contributed by atoms with Gasteiger partial charge in [0.15, 0.2) is 0 Å². The second kappa shape index (κ2) is 6.30. The molecule has 1 aliphatic carbocycles. The van der Waals surface area contributed by atoms with Gasteiger partial charge in [-0.2, -0.15) is 0 Å². The van der Waals surface area contributed by atoms with Crippen molar-refractivity contribution in [2.75, 3.05) is 5.32 Å². The van der Waals surface area contributed by atoms with Crippen molar-refractivity contribution in [3.8, 4) is 0 Å². The van der Waals surface area contributed by atoms with Crippen LogP contribution in [-0.4, -0.2) is 32.2 Å². The van der Waals surface area contributed by atoms with E-state index in [2.05, 4.69) is 50.8 Å². The van der Waals surface area contributed by atoms with Crippen LogP contribution >= 0.6 is 9.24 Å². The van der Waals surface area contributed by atoms with Crippen LogP contribution in [0.15, 0.2) is 59.2 Å². The van der Waals surface area contributed by atoms with Crippen molar-refractivity contribution in [3.63, 3.8) is 0 Å². The molecule has 4 N–H and O–H groups in total. The summed E-state index contributed by atoms with van der Waals surface area (Å²) in [5, 5.41) is 29.8. The van der Waals surface area contributed by atoms with Gasteiger partial charge in [0.1, 0.15) is 0 Å². The summed E-state index contributed by atoms with van der Waals surface area (Å²) in [5.74, 6) is -1.02. The molecular weight excluding hydrogens is 385 g/mol. The topological polar surface area (TPSA) is 90.3 Å². The third-order valence-electron chi connectivity index (χ3n) is 6.49. The maximum Gasteiger partial charge on any atom is 0.269 e.